The lowest BCUT2D eigenvalue weighted by Crippen LogP contribution is -2.40. The first kappa shape index (κ1) is 14.9. The highest BCUT2D eigenvalue weighted by Crippen LogP contribution is 2.20. The molecule has 0 bridgehead atoms. The number of benzene rings is 2. The highest BCUT2D eigenvalue weighted by molar-refractivity contribution is 5.83. The van der Waals surface area contributed by atoms with Crippen LogP contribution in [0.25, 0.3) is 10.8 Å². The second kappa shape index (κ2) is 6.79. The van der Waals surface area contributed by atoms with Crippen molar-refractivity contribution in [3.8, 4) is 5.75 Å². The second-order valence-electron chi connectivity index (χ2n) is 5.72. The van der Waals surface area contributed by atoms with Gasteiger partial charge in [0.25, 0.3) is 0 Å². The van der Waals surface area contributed by atoms with Crippen molar-refractivity contribution in [1.82, 2.24) is 4.90 Å². The van der Waals surface area contributed by atoms with Crippen molar-refractivity contribution in [3.05, 3.63) is 42.5 Å². The molecule has 0 atom stereocenters. The van der Waals surface area contributed by atoms with Gasteiger partial charge in [-0.05, 0) is 35.7 Å². The van der Waals surface area contributed by atoms with E-state index in [1.807, 2.05) is 41.3 Å². The number of ether oxygens (including phenoxy) is 1. The SMILES string of the molecule is O=C(CCOc1ccc2ccccc2c1)N1CCC(O)CC1. The fourth-order valence-corrected chi connectivity index (χ4v) is 2.79. The summed E-state index contributed by atoms with van der Waals surface area (Å²) in [6, 6.07) is 14.1. The molecule has 0 saturated carbocycles. The maximum Gasteiger partial charge on any atom is 0.226 e. The first-order chi connectivity index (χ1) is 10.7. The summed E-state index contributed by atoms with van der Waals surface area (Å²) in [5.41, 5.74) is 0. The fraction of sp³-hybridized carbons (Fsp3) is 0.389. The number of rotatable bonds is 4. The molecule has 1 saturated heterocycles. The first-order valence-electron chi connectivity index (χ1n) is 7.80. The van der Waals surface area contributed by atoms with Gasteiger partial charge in [-0.2, -0.15) is 0 Å². The van der Waals surface area contributed by atoms with E-state index in [9.17, 15) is 9.90 Å². The molecule has 0 unspecified atom stereocenters. The van der Waals surface area contributed by atoms with Gasteiger partial charge in [0.2, 0.25) is 5.91 Å². The lowest BCUT2D eigenvalue weighted by atomic mass is 10.1. The summed E-state index contributed by atoms with van der Waals surface area (Å²) in [6.07, 6.45) is 1.48. The van der Waals surface area contributed by atoms with Crippen molar-refractivity contribution in [2.75, 3.05) is 19.7 Å². The molecule has 3 rings (SSSR count). The van der Waals surface area contributed by atoms with E-state index in [2.05, 4.69) is 6.07 Å². The van der Waals surface area contributed by atoms with Crippen LogP contribution in [-0.2, 0) is 4.79 Å². The third-order valence-electron chi connectivity index (χ3n) is 4.12. The third kappa shape index (κ3) is 3.57. The van der Waals surface area contributed by atoms with Gasteiger partial charge in [-0.15, -0.1) is 0 Å². The van der Waals surface area contributed by atoms with E-state index in [1.165, 1.54) is 5.39 Å². The van der Waals surface area contributed by atoms with Crippen LogP contribution in [0.5, 0.6) is 5.75 Å². The lowest BCUT2D eigenvalue weighted by molar-refractivity contribution is -0.133. The molecule has 4 nitrogen and oxygen atoms in total. The quantitative estimate of drug-likeness (QED) is 0.944. The largest absolute Gasteiger partial charge is 0.493 e. The van der Waals surface area contributed by atoms with E-state index in [4.69, 9.17) is 4.74 Å². The third-order valence-corrected chi connectivity index (χ3v) is 4.12. The number of aliphatic hydroxyl groups excluding tert-OH is 1. The summed E-state index contributed by atoms with van der Waals surface area (Å²) < 4.78 is 5.70. The Balaban J connectivity index is 1.50. The van der Waals surface area contributed by atoms with E-state index in [1.54, 1.807) is 0 Å². The van der Waals surface area contributed by atoms with Gasteiger partial charge in [0.15, 0.2) is 0 Å². The van der Waals surface area contributed by atoms with Crippen LogP contribution in [0.3, 0.4) is 0 Å². The number of amides is 1. The van der Waals surface area contributed by atoms with E-state index < -0.39 is 0 Å². The Kier molecular flexibility index (Phi) is 4.59. The van der Waals surface area contributed by atoms with Crippen molar-refractivity contribution < 1.29 is 14.6 Å². The van der Waals surface area contributed by atoms with Gasteiger partial charge < -0.3 is 14.7 Å². The summed E-state index contributed by atoms with van der Waals surface area (Å²) in [7, 11) is 0. The number of likely N-dealkylation sites (tertiary alicyclic amines) is 1. The van der Waals surface area contributed by atoms with Gasteiger partial charge in [0.1, 0.15) is 5.75 Å². The van der Waals surface area contributed by atoms with Crippen LogP contribution in [0.15, 0.2) is 42.5 Å². The number of aliphatic hydroxyl groups is 1. The Morgan fingerprint density at radius 2 is 1.86 bits per heavy atom. The lowest BCUT2D eigenvalue weighted by Gasteiger charge is -2.29. The minimum absolute atomic E-state index is 0.104. The van der Waals surface area contributed by atoms with Gasteiger partial charge in [0.05, 0.1) is 19.1 Å². The predicted molar refractivity (Wildman–Crippen MR) is 85.9 cm³/mol. The van der Waals surface area contributed by atoms with E-state index in [-0.39, 0.29) is 12.0 Å². The molecule has 1 aliphatic rings. The molecule has 1 amide bonds. The molecule has 4 heteroatoms. The molecule has 1 aliphatic heterocycles. The van der Waals surface area contributed by atoms with Crippen molar-refractivity contribution >= 4 is 16.7 Å². The van der Waals surface area contributed by atoms with Crippen molar-refractivity contribution in [1.29, 1.82) is 0 Å². The normalized spacial score (nSPS) is 16.0. The van der Waals surface area contributed by atoms with Crippen molar-refractivity contribution in [3.63, 3.8) is 0 Å². The van der Waals surface area contributed by atoms with Crippen LogP contribution in [0.1, 0.15) is 19.3 Å². The van der Waals surface area contributed by atoms with Crippen LogP contribution in [-0.4, -0.2) is 41.7 Å². The molecule has 1 N–H and O–H groups in total. The Labute approximate surface area is 130 Å². The Morgan fingerprint density at radius 3 is 2.64 bits per heavy atom. The molecule has 1 fully saturated rings. The van der Waals surface area contributed by atoms with Crippen LogP contribution in [0.2, 0.25) is 0 Å². The second-order valence-corrected chi connectivity index (χ2v) is 5.72. The smallest absolute Gasteiger partial charge is 0.226 e. The minimum Gasteiger partial charge on any atom is -0.493 e. The molecular formula is C18H21NO3. The average molecular weight is 299 g/mol. The van der Waals surface area contributed by atoms with Crippen molar-refractivity contribution in [2.45, 2.75) is 25.4 Å². The number of hydrogen-bond acceptors (Lipinski definition) is 3. The minimum atomic E-state index is -0.252. The highest BCUT2D eigenvalue weighted by Gasteiger charge is 2.20. The standard InChI is InChI=1S/C18H21NO3/c20-16-7-10-19(11-8-16)18(21)9-12-22-17-6-5-14-3-1-2-4-15(14)13-17/h1-6,13,16,20H,7-12H2. The summed E-state index contributed by atoms with van der Waals surface area (Å²) in [5.74, 6) is 0.897. The number of carbonyl (C=O) groups is 1. The summed E-state index contributed by atoms with van der Waals surface area (Å²) in [4.78, 5) is 13.9. The molecular weight excluding hydrogens is 278 g/mol. The number of piperidine rings is 1. The summed E-state index contributed by atoms with van der Waals surface area (Å²) in [5, 5.41) is 11.8. The van der Waals surface area contributed by atoms with Crippen LogP contribution < -0.4 is 4.74 Å². The Bertz CT molecular complexity index is 648. The van der Waals surface area contributed by atoms with Gasteiger partial charge >= 0.3 is 0 Å². The van der Waals surface area contributed by atoms with Crippen LogP contribution in [0.4, 0.5) is 0 Å². The maximum absolute atomic E-state index is 12.1. The fourth-order valence-electron chi connectivity index (χ4n) is 2.79. The maximum atomic E-state index is 12.1. The number of hydrogen-bond donors (Lipinski definition) is 1. The molecule has 2 aromatic carbocycles. The average Bonchev–Trinajstić information content (AvgIpc) is 2.55. The molecule has 0 radical (unpaired) electrons. The zero-order chi connectivity index (χ0) is 15.4. The van der Waals surface area contributed by atoms with Gasteiger partial charge in [-0.25, -0.2) is 0 Å². The zero-order valence-corrected chi connectivity index (χ0v) is 12.6. The Hall–Kier alpha value is -2.07. The van der Waals surface area contributed by atoms with Gasteiger partial charge in [0, 0.05) is 13.1 Å². The summed E-state index contributed by atoms with van der Waals surface area (Å²) >= 11 is 0. The summed E-state index contributed by atoms with van der Waals surface area (Å²) in [6.45, 7) is 1.68. The van der Waals surface area contributed by atoms with E-state index in [0.29, 0.717) is 39.0 Å². The first-order valence-corrected chi connectivity index (χ1v) is 7.80. The zero-order valence-electron chi connectivity index (χ0n) is 12.6. The van der Waals surface area contributed by atoms with E-state index >= 15 is 0 Å². The van der Waals surface area contributed by atoms with Crippen molar-refractivity contribution in [2.24, 2.45) is 0 Å². The molecule has 22 heavy (non-hydrogen) atoms. The molecule has 0 aliphatic carbocycles. The molecule has 2 aromatic rings. The molecule has 0 spiro atoms. The van der Waals surface area contributed by atoms with Gasteiger partial charge in [-0.3, -0.25) is 4.79 Å². The molecule has 0 aromatic heterocycles. The monoisotopic (exact) mass is 299 g/mol. The van der Waals surface area contributed by atoms with Gasteiger partial charge in [-0.1, -0.05) is 30.3 Å². The predicted octanol–water partition coefficient (Wildman–Crippen LogP) is 2.59. The number of carbonyl (C=O) groups excluding carboxylic acids is 1. The highest BCUT2D eigenvalue weighted by atomic mass is 16.5. The topological polar surface area (TPSA) is 49.8 Å². The van der Waals surface area contributed by atoms with Crippen LogP contribution >= 0.6 is 0 Å². The molecule has 116 valence electrons. The number of fused-ring (bicyclic) bond motifs is 1. The number of nitrogens with zero attached hydrogens (tertiary/aromatic N) is 1. The van der Waals surface area contributed by atoms with E-state index in [0.717, 1.165) is 11.1 Å². The van der Waals surface area contributed by atoms with Crippen LogP contribution in [0, 0.1) is 0 Å². The Morgan fingerprint density at radius 1 is 1.14 bits per heavy atom. The molecule has 1 heterocycles.